The first kappa shape index (κ1) is 11.2. The molecule has 4 nitrogen and oxygen atoms in total. The summed E-state index contributed by atoms with van der Waals surface area (Å²) in [6.45, 7) is 4.21. The van der Waals surface area contributed by atoms with E-state index in [0.29, 0.717) is 24.4 Å². The van der Waals surface area contributed by atoms with Gasteiger partial charge in [0.2, 0.25) is 0 Å². The molecule has 2 fully saturated rings. The van der Waals surface area contributed by atoms with Crippen molar-refractivity contribution in [1.29, 1.82) is 0 Å². The van der Waals surface area contributed by atoms with Crippen LogP contribution in [0.5, 0.6) is 0 Å². The second kappa shape index (κ2) is 4.72. The van der Waals surface area contributed by atoms with Crippen LogP contribution in [0.4, 0.5) is 0 Å². The maximum absolute atomic E-state index is 10.8. The van der Waals surface area contributed by atoms with Gasteiger partial charge < -0.3 is 9.84 Å². The molecule has 2 rings (SSSR count). The molecular formula is C10H17NO3S. The highest BCUT2D eigenvalue weighted by Gasteiger charge is 2.33. The van der Waals surface area contributed by atoms with Gasteiger partial charge in [0, 0.05) is 30.1 Å². The first-order valence-corrected chi connectivity index (χ1v) is 6.41. The van der Waals surface area contributed by atoms with E-state index >= 15 is 0 Å². The normalized spacial score (nSPS) is 38.1. The predicted octanol–water partition coefficient (Wildman–Crippen LogP) is 0.666. The van der Waals surface area contributed by atoms with E-state index in [9.17, 15) is 4.79 Å². The van der Waals surface area contributed by atoms with Gasteiger partial charge in [0.1, 0.15) is 0 Å². The van der Waals surface area contributed by atoms with E-state index in [1.54, 1.807) is 0 Å². The fourth-order valence-electron chi connectivity index (χ4n) is 2.20. The molecule has 5 heteroatoms. The average Bonchev–Trinajstić information content (AvgIpc) is 2.65. The van der Waals surface area contributed by atoms with Crippen LogP contribution < -0.4 is 0 Å². The van der Waals surface area contributed by atoms with Gasteiger partial charge in [0.15, 0.2) is 6.10 Å². The maximum atomic E-state index is 10.8. The molecule has 0 bridgehead atoms. The molecule has 0 aromatic rings. The van der Waals surface area contributed by atoms with Crippen molar-refractivity contribution in [3.63, 3.8) is 0 Å². The van der Waals surface area contributed by atoms with E-state index in [-0.39, 0.29) is 0 Å². The highest BCUT2D eigenvalue weighted by Crippen LogP contribution is 2.30. The zero-order valence-electron chi connectivity index (χ0n) is 8.89. The Bertz CT molecular complexity index is 249. The smallest absolute Gasteiger partial charge is 0.334 e. The number of morpholine rings is 1. The van der Waals surface area contributed by atoms with Crippen molar-refractivity contribution in [3.05, 3.63) is 0 Å². The lowest BCUT2D eigenvalue weighted by Gasteiger charge is -2.34. The molecule has 3 atom stereocenters. The third-order valence-corrected chi connectivity index (χ3v) is 4.41. The van der Waals surface area contributed by atoms with E-state index in [4.69, 9.17) is 9.84 Å². The van der Waals surface area contributed by atoms with Crippen LogP contribution in [0.1, 0.15) is 13.3 Å². The van der Waals surface area contributed by atoms with Gasteiger partial charge in [-0.25, -0.2) is 4.79 Å². The van der Waals surface area contributed by atoms with E-state index < -0.39 is 12.1 Å². The van der Waals surface area contributed by atoms with Crippen LogP contribution in [0.15, 0.2) is 0 Å². The Balaban J connectivity index is 1.90. The summed E-state index contributed by atoms with van der Waals surface area (Å²) in [6.07, 6.45) is 0.552. The summed E-state index contributed by atoms with van der Waals surface area (Å²) in [5.74, 6) is 0.298. The van der Waals surface area contributed by atoms with Crippen LogP contribution in [-0.2, 0) is 9.53 Å². The summed E-state index contributed by atoms with van der Waals surface area (Å²) in [4.78, 5) is 13.1. The number of carbonyl (C=O) groups is 1. The number of ether oxygens (including phenoxy) is 1. The standard InChI is InChI=1S/C10H17NO3S/c1-7-4-8(6-15-7)11-2-3-14-9(5-11)10(12)13/h7-9H,2-6H2,1H3,(H,12,13). The molecule has 3 unspecified atom stereocenters. The maximum Gasteiger partial charge on any atom is 0.334 e. The largest absolute Gasteiger partial charge is 0.479 e. The molecule has 2 heterocycles. The molecular weight excluding hydrogens is 214 g/mol. The third-order valence-electron chi connectivity index (χ3n) is 3.07. The number of rotatable bonds is 2. The Hall–Kier alpha value is -0.260. The van der Waals surface area contributed by atoms with Crippen molar-refractivity contribution in [1.82, 2.24) is 4.90 Å². The SMILES string of the molecule is CC1CC(N2CCOC(C(=O)O)C2)CS1. The number of hydrogen-bond donors (Lipinski definition) is 1. The Kier molecular flexibility index (Phi) is 3.53. The van der Waals surface area contributed by atoms with Crippen LogP contribution in [0.2, 0.25) is 0 Å². The summed E-state index contributed by atoms with van der Waals surface area (Å²) in [5.41, 5.74) is 0. The minimum atomic E-state index is -0.835. The monoisotopic (exact) mass is 231 g/mol. The molecule has 2 aliphatic rings. The van der Waals surface area contributed by atoms with Crippen LogP contribution >= 0.6 is 11.8 Å². The number of aliphatic carboxylic acids is 1. The fourth-order valence-corrected chi connectivity index (χ4v) is 3.46. The number of thioether (sulfide) groups is 1. The highest BCUT2D eigenvalue weighted by atomic mass is 32.2. The lowest BCUT2D eigenvalue weighted by atomic mass is 10.1. The molecule has 0 amide bonds. The molecule has 86 valence electrons. The van der Waals surface area contributed by atoms with Gasteiger partial charge >= 0.3 is 5.97 Å². The van der Waals surface area contributed by atoms with E-state index in [1.165, 1.54) is 6.42 Å². The summed E-state index contributed by atoms with van der Waals surface area (Å²) in [6, 6.07) is 0.552. The van der Waals surface area contributed by atoms with Crippen molar-refractivity contribution in [2.45, 2.75) is 30.7 Å². The fraction of sp³-hybridized carbons (Fsp3) is 0.900. The van der Waals surface area contributed by atoms with Crippen molar-refractivity contribution < 1.29 is 14.6 Å². The zero-order chi connectivity index (χ0) is 10.8. The van der Waals surface area contributed by atoms with Crippen molar-refractivity contribution in [2.24, 2.45) is 0 Å². The minimum absolute atomic E-state index is 0.548. The molecule has 0 spiro atoms. The van der Waals surface area contributed by atoms with Crippen LogP contribution in [0.25, 0.3) is 0 Å². The van der Waals surface area contributed by atoms with E-state index in [1.807, 2.05) is 11.8 Å². The average molecular weight is 231 g/mol. The van der Waals surface area contributed by atoms with Gasteiger partial charge in [-0.3, -0.25) is 4.90 Å². The summed E-state index contributed by atoms with van der Waals surface area (Å²) >= 11 is 1.98. The number of nitrogens with zero attached hydrogens (tertiary/aromatic N) is 1. The minimum Gasteiger partial charge on any atom is -0.479 e. The number of carboxylic acid groups (broad SMARTS) is 1. The Morgan fingerprint density at radius 2 is 2.40 bits per heavy atom. The molecule has 0 saturated carbocycles. The van der Waals surface area contributed by atoms with Crippen molar-refractivity contribution in [3.8, 4) is 0 Å². The summed E-state index contributed by atoms with van der Waals surface area (Å²) in [7, 11) is 0. The first-order valence-electron chi connectivity index (χ1n) is 5.37. The molecule has 0 aromatic carbocycles. The quantitative estimate of drug-likeness (QED) is 0.757. The molecule has 0 radical (unpaired) electrons. The molecule has 0 aromatic heterocycles. The Morgan fingerprint density at radius 1 is 1.60 bits per heavy atom. The number of carboxylic acids is 1. The first-order chi connectivity index (χ1) is 7.16. The third kappa shape index (κ3) is 2.65. The van der Waals surface area contributed by atoms with Gasteiger partial charge in [0.25, 0.3) is 0 Å². The molecule has 1 N–H and O–H groups in total. The highest BCUT2D eigenvalue weighted by molar-refractivity contribution is 8.00. The van der Waals surface area contributed by atoms with Gasteiger partial charge in [0.05, 0.1) is 6.61 Å². The molecule has 0 aliphatic carbocycles. The van der Waals surface area contributed by atoms with Crippen LogP contribution in [-0.4, -0.2) is 58.8 Å². The summed E-state index contributed by atoms with van der Waals surface area (Å²) in [5, 5.41) is 9.60. The van der Waals surface area contributed by atoms with E-state index in [0.717, 1.165) is 12.3 Å². The topological polar surface area (TPSA) is 49.8 Å². The van der Waals surface area contributed by atoms with Gasteiger partial charge in [-0.1, -0.05) is 6.92 Å². The van der Waals surface area contributed by atoms with Crippen molar-refractivity contribution >= 4 is 17.7 Å². The predicted molar refractivity (Wildman–Crippen MR) is 59.3 cm³/mol. The zero-order valence-corrected chi connectivity index (χ0v) is 9.70. The second-order valence-corrected chi connectivity index (χ2v) is 5.70. The molecule has 15 heavy (non-hydrogen) atoms. The second-order valence-electron chi connectivity index (χ2n) is 4.23. The van der Waals surface area contributed by atoms with Gasteiger partial charge in [-0.15, -0.1) is 0 Å². The Labute approximate surface area is 94.0 Å². The van der Waals surface area contributed by atoms with E-state index in [2.05, 4.69) is 11.8 Å². The van der Waals surface area contributed by atoms with Crippen molar-refractivity contribution in [2.75, 3.05) is 25.4 Å². The Morgan fingerprint density at radius 3 is 3.00 bits per heavy atom. The van der Waals surface area contributed by atoms with Gasteiger partial charge in [-0.05, 0) is 6.42 Å². The molecule has 2 aliphatic heterocycles. The lowest BCUT2D eigenvalue weighted by Crippen LogP contribution is -2.50. The lowest BCUT2D eigenvalue weighted by molar-refractivity contribution is -0.156. The van der Waals surface area contributed by atoms with Crippen LogP contribution in [0.3, 0.4) is 0 Å². The number of hydrogen-bond acceptors (Lipinski definition) is 4. The van der Waals surface area contributed by atoms with Gasteiger partial charge in [-0.2, -0.15) is 11.8 Å². The summed E-state index contributed by atoms with van der Waals surface area (Å²) < 4.78 is 5.21. The van der Waals surface area contributed by atoms with Crippen LogP contribution in [0, 0.1) is 0 Å². The molecule has 2 saturated heterocycles.